The first kappa shape index (κ1) is 16.7. The van der Waals surface area contributed by atoms with Crippen molar-refractivity contribution in [2.24, 2.45) is 0 Å². The Labute approximate surface area is 124 Å². The van der Waals surface area contributed by atoms with Gasteiger partial charge >= 0.3 is 5.97 Å². The van der Waals surface area contributed by atoms with Gasteiger partial charge in [-0.2, -0.15) is 0 Å². The number of carbonyl (C=O) groups is 2. The molecule has 0 aliphatic rings. The Morgan fingerprint density at radius 2 is 1.95 bits per heavy atom. The lowest BCUT2D eigenvalue weighted by molar-refractivity contribution is -0.139. The third kappa shape index (κ3) is 5.67. The van der Waals surface area contributed by atoms with Crippen LogP contribution >= 0.6 is 0 Å². The molecule has 1 aromatic carbocycles. The van der Waals surface area contributed by atoms with Crippen LogP contribution in [-0.2, 0) is 16.1 Å². The van der Waals surface area contributed by atoms with E-state index < -0.39 is 17.9 Å². The fourth-order valence-corrected chi connectivity index (χ4v) is 1.57. The number of rotatable bonds is 7. The lowest BCUT2D eigenvalue weighted by Gasteiger charge is -2.12. The van der Waals surface area contributed by atoms with Gasteiger partial charge in [-0.15, -0.1) is 12.3 Å². The fourth-order valence-electron chi connectivity index (χ4n) is 1.57. The Morgan fingerprint density at radius 3 is 2.43 bits per heavy atom. The zero-order valence-corrected chi connectivity index (χ0v) is 12.1. The number of amides is 1. The van der Waals surface area contributed by atoms with Gasteiger partial charge in [-0.25, -0.2) is 4.79 Å². The minimum atomic E-state index is -1.15. The molecule has 1 aromatic rings. The highest BCUT2D eigenvalue weighted by Crippen LogP contribution is 2.08. The summed E-state index contributed by atoms with van der Waals surface area (Å²) in [7, 11) is 0. The maximum atomic E-state index is 11.9. The first-order chi connectivity index (χ1) is 9.93. The van der Waals surface area contributed by atoms with E-state index in [-0.39, 0.29) is 12.5 Å². The number of carboxylic acids is 1. The normalized spacial score (nSPS) is 11.7. The van der Waals surface area contributed by atoms with Crippen molar-refractivity contribution in [3.63, 3.8) is 0 Å². The van der Waals surface area contributed by atoms with E-state index in [4.69, 9.17) is 16.3 Å². The van der Waals surface area contributed by atoms with Crippen LogP contribution < -0.4 is 5.32 Å². The zero-order valence-electron chi connectivity index (χ0n) is 12.1. The van der Waals surface area contributed by atoms with Crippen molar-refractivity contribution >= 4 is 11.9 Å². The van der Waals surface area contributed by atoms with Crippen LogP contribution in [0.15, 0.2) is 24.3 Å². The van der Waals surface area contributed by atoms with Crippen molar-refractivity contribution in [1.82, 2.24) is 5.32 Å². The number of hydrogen-bond donors (Lipinski definition) is 2. The molecule has 0 aliphatic heterocycles. The summed E-state index contributed by atoms with van der Waals surface area (Å²) >= 11 is 0. The molecule has 0 heterocycles. The van der Waals surface area contributed by atoms with Crippen LogP contribution in [0.5, 0.6) is 0 Å². The molecule has 1 unspecified atom stereocenters. The Kier molecular flexibility index (Phi) is 6.44. The summed E-state index contributed by atoms with van der Waals surface area (Å²) in [6, 6.07) is 5.72. The van der Waals surface area contributed by atoms with E-state index in [1.165, 1.54) is 0 Å². The van der Waals surface area contributed by atoms with Gasteiger partial charge in [0.1, 0.15) is 6.04 Å². The van der Waals surface area contributed by atoms with Gasteiger partial charge in [-0.1, -0.05) is 12.1 Å². The average molecular weight is 289 g/mol. The molecule has 1 atom stereocenters. The highest BCUT2D eigenvalue weighted by atomic mass is 16.5. The Balaban J connectivity index is 2.66. The summed E-state index contributed by atoms with van der Waals surface area (Å²) in [6.07, 6.45) is 5.16. The van der Waals surface area contributed by atoms with E-state index >= 15 is 0 Å². The molecule has 1 rings (SSSR count). The number of carbonyl (C=O) groups excluding carboxylic acids is 1. The van der Waals surface area contributed by atoms with Gasteiger partial charge in [0.25, 0.3) is 5.91 Å². The number of nitrogens with one attached hydrogen (secondary N) is 1. The van der Waals surface area contributed by atoms with Gasteiger partial charge in [0.2, 0.25) is 0 Å². The van der Waals surface area contributed by atoms with Gasteiger partial charge in [-0.05, 0) is 31.5 Å². The maximum absolute atomic E-state index is 11.9. The molecule has 0 fully saturated rings. The van der Waals surface area contributed by atoms with Crippen molar-refractivity contribution < 1.29 is 19.4 Å². The van der Waals surface area contributed by atoms with E-state index in [9.17, 15) is 9.59 Å². The first-order valence-corrected chi connectivity index (χ1v) is 6.61. The predicted molar refractivity (Wildman–Crippen MR) is 78.7 cm³/mol. The average Bonchev–Trinajstić information content (AvgIpc) is 2.45. The fraction of sp³-hybridized carbons (Fsp3) is 0.375. The van der Waals surface area contributed by atoms with Gasteiger partial charge in [0.15, 0.2) is 0 Å². The second-order valence-electron chi connectivity index (χ2n) is 4.83. The Hall–Kier alpha value is -2.32. The summed E-state index contributed by atoms with van der Waals surface area (Å²) in [4.78, 5) is 22.9. The van der Waals surface area contributed by atoms with Crippen LogP contribution in [0, 0.1) is 12.3 Å². The van der Waals surface area contributed by atoms with Gasteiger partial charge in [0, 0.05) is 12.0 Å². The quantitative estimate of drug-likeness (QED) is 0.751. The lowest BCUT2D eigenvalue weighted by atomic mass is 10.1. The van der Waals surface area contributed by atoms with Gasteiger partial charge in [0.05, 0.1) is 12.7 Å². The molecule has 5 nitrogen and oxygen atoms in total. The van der Waals surface area contributed by atoms with Crippen LogP contribution in [0.2, 0.25) is 0 Å². The molecule has 0 saturated carbocycles. The van der Waals surface area contributed by atoms with Crippen LogP contribution in [-0.4, -0.2) is 29.1 Å². The van der Waals surface area contributed by atoms with Crippen molar-refractivity contribution in [1.29, 1.82) is 0 Å². The number of terminal acetylenes is 1. The number of aliphatic carboxylic acids is 1. The predicted octanol–water partition coefficient (Wildman–Crippen LogP) is 1.82. The van der Waals surface area contributed by atoms with Crippen molar-refractivity contribution in [3.8, 4) is 12.3 Å². The molecular weight excluding hydrogens is 270 g/mol. The second-order valence-corrected chi connectivity index (χ2v) is 4.83. The standard InChI is InChI=1S/C16H19NO4/c1-4-5-14(16(19)20)17-15(18)13-8-6-12(7-9-13)10-21-11(2)3/h1,6-9,11,14H,5,10H2,2-3H3,(H,17,18)(H,19,20). The van der Waals surface area contributed by atoms with Crippen LogP contribution in [0.3, 0.4) is 0 Å². The van der Waals surface area contributed by atoms with Gasteiger partial charge < -0.3 is 15.2 Å². The Morgan fingerprint density at radius 1 is 1.33 bits per heavy atom. The molecule has 1 amide bonds. The van der Waals surface area contributed by atoms with Crippen LogP contribution in [0.4, 0.5) is 0 Å². The van der Waals surface area contributed by atoms with Crippen LogP contribution in [0.25, 0.3) is 0 Å². The number of benzene rings is 1. The van der Waals surface area contributed by atoms with E-state index in [2.05, 4.69) is 11.2 Å². The highest BCUT2D eigenvalue weighted by molar-refractivity contribution is 5.96. The molecule has 0 aliphatic carbocycles. The summed E-state index contributed by atoms with van der Waals surface area (Å²) in [5.41, 5.74) is 1.32. The first-order valence-electron chi connectivity index (χ1n) is 6.61. The summed E-state index contributed by atoms with van der Waals surface area (Å²) in [6.45, 7) is 4.35. The van der Waals surface area contributed by atoms with E-state index in [1.54, 1.807) is 24.3 Å². The minimum Gasteiger partial charge on any atom is -0.480 e. The monoisotopic (exact) mass is 289 g/mol. The van der Waals surface area contributed by atoms with E-state index in [0.717, 1.165) is 5.56 Å². The smallest absolute Gasteiger partial charge is 0.327 e. The van der Waals surface area contributed by atoms with Crippen molar-refractivity contribution in [3.05, 3.63) is 35.4 Å². The number of hydrogen-bond acceptors (Lipinski definition) is 3. The molecular formula is C16H19NO4. The maximum Gasteiger partial charge on any atom is 0.327 e. The molecule has 112 valence electrons. The molecule has 21 heavy (non-hydrogen) atoms. The Bertz CT molecular complexity index is 528. The highest BCUT2D eigenvalue weighted by Gasteiger charge is 2.19. The zero-order chi connectivity index (χ0) is 15.8. The summed E-state index contributed by atoms with van der Waals surface area (Å²) in [5, 5.41) is 11.3. The number of carboxylic acid groups (broad SMARTS) is 1. The molecule has 2 N–H and O–H groups in total. The third-order valence-electron chi connectivity index (χ3n) is 2.72. The summed E-state index contributed by atoms with van der Waals surface area (Å²) in [5.74, 6) is 0.617. The molecule has 0 saturated heterocycles. The molecule has 5 heteroatoms. The van der Waals surface area contributed by atoms with E-state index in [0.29, 0.717) is 12.2 Å². The largest absolute Gasteiger partial charge is 0.480 e. The van der Waals surface area contributed by atoms with Crippen LogP contribution in [0.1, 0.15) is 36.2 Å². The molecule has 0 radical (unpaired) electrons. The van der Waals surface area contributed by atoms with Crippen molar-refractivity contribution in [2.45, 2.75) is 39.0 Å². The molecule has 0 bridgehead atoms. The number of ether oxygens (including phenoxy) is 1. The van der Waals surface area contributed by atoms with Gasteiger partial charge in [-0.3, -0.25) is 4.79 Å². The minimum absolute atomic E-state index is 0.0542. The lowest BCUT2D eigenvalue weighted by Crippen LogP contribution is -2.40. The van der Waals surface area contributed by atoms with Crippen molar-refractivity contribution in [2.75, 3.05) is 0 Å². The summed E-state index contributed by atoms with van der Waals surface area (Å²) < 4.78 is 5.46. The topological polar surface area (TPSA) is 75.6 Å². The SMILES string of the molecule is C#CCC(NC(=O)c1ccc(COC(C)C)cc1)C(=O)O. The second kappa shape index (κ2) is 8.08. The van der Waals surface area contributed by atoms with E-state index in [1.807, 2.05) is 13.8 Å². The molecule has 0 aromatic heterocycles. The third-order valence-corrected chi connectivity index (χ3v) is 2.72. The molecule has 0 spiro atoms.